The van der Waals surface area contributed by atoms with Crippen LogP contribution in [0.1, 0.15) is 38.3 Å². The zero-order valence-electron chi connectivity index (χ0n) is 23.1. The number of anilines is 1. The maximum absolute atomic E-state index is 14.0. The largest absolute Gasteiger partial charge is 0.497 e. The van der Waals surface area contributed by atoms with E-state index in [2.05, 4.69) is 5.32 Å². The van der Waals surface area contributed by atoms with Crippen molar-refractivity contribution < 1.29 is 22.7 Å². The molecule has 0 saturated carbocycles. The number of sulfonamides is 1. The molecule has 3 aromatic carbocycles. The molecular weight excluding hydrogens is 514 g/mol. The van der Waals surface area contributed by atoms with Gasteiger partial charge in [-0.2, -0.15) is 0 Å². The summed E-state index contributed by atoms with van der Waals surface area (Å²) in [5.41, 5.74) is 1.88. The SMILES string of the molecule is CC[C@H](C)NC(=O)[C@@H](C)N(Cc1ccc(OC)cc1)C(=O)CN(c1ccccc1C)S(=O)(=O)c1ccccc1. The minimum Gasteiger partial charge on any atom is -0.497 e. The predicted molar refractivity (Wildman–Crippen MR) is 153 cm³/mol. The molecule has 8 nitrogen and oxygen atoms in total. The molecule has 0 aromatic heterocycles. The predicted octanol–water partition coefficient (Wildman–Crippen LogP) is 4.53. The molecule has 0 radical (unpaired) electrons. The van der Waals surface area contributed by atoms with E-state index in [9.17, 15) is 18.0 Å². The average Bonchev–Trinajstić information content (AvgIpc) is 2.95. The molecule has 0 saturated heterocycles. The van der Waals surface area contributed by atoms with Gasteiger partial charge in [0.15, 0.2) is 0 Å². The van der Waals surface area contributed by atoms with E-state index in [-0.39, 0.29) is 23.4 Å². The topological polar surface area (TPSA) is 96.0 Å². The fourth-order valence-corrected chi connectivity index (χ4v) is 5.55. The Bertz CT molecular complexity index is 1360. The first-order valence-electron chi connectivity index (χ1n) is 12.9. The third-order valence-electron chi connectivity index (χ3n) is 6.67. The molecular formula is C30H37N3O5S. The third-order valence-corrected chi connectivity index (χ3v) is 8.45. The monoisotopic (exact) mass is 551 g/mol. The first-order valence-corrected chi connectivity index (χ1v) is 14.4. The number of hydrogen-bond acceptors (Lipinski definition) is 5. The highest BCUT2D eigenvalue weighted by Gasteiger charge is 2.33. The fourth-order valence-electron chi connectivity index (χ4n) is 4.05. The molecule has 2 amide bonds. The number of methoxy groups -OCH3 is 1. The molecule has 9 heteroatoms. The molecule has 0 fully saturated rings. The molecule has 0 aliphatic carbocycles. The van der Waals surface area contributed by atoms with Crippen molar-refractivity contribution in [2.45, 2.75) is 57.6 Å². The summed E-state index contributed by atoms with van der Waals surface area (Å²) >= 11 is 0. The van der Waals surface area contributed by atoms with Crippen LogP contribution in [-0.2, 0) is 26.2 Å². The molecule has 208 valence electrons. The molecule has 0 aliphatic heterocycles. The summed E-state index contributed by atoms with van der Waals surface area (Å²) < 4.78 is 34.0. The van der Waals surface area contributed by atoms with Gasteiger partial charge in [-0.25, -0.2) is 8.42 Å². The van der Waals surface area contributed by atoms with Gasteiger partial charge in [-0.3, -0.25) is 13.9 Å². The van der Waals surface area contributed by atoms with Crippen LogP contribution in [-0.4, -0.2) is 50.9 Å². The molecule has 0 spiro atoms. The van der Waals surface area contributed by atoms with Gasteiger partial charge >= 0.3 is 0 Å². The summed E-state index contributed by atoms with van der Waals surface area (Å²) in [6.07, 6.45) is 0.737. The van der Waals surface area contributed by atoms with Crippen LogP contribution in [0.4, 0.5) is 5.69 Å². The number of hydrogen-bond donors (Lipinski definition) is 1. The first kappa shape index (κ1) is 29.7. The van der Waals surface area contributed by atoms with Crippen LogP contribution in [0.3, 0.4) is 0 Å². The number of ether oxygens (including phenoxy) is 1. The average molecular weight is 552 g/mol. The van der Waals surface area contributed by atoms with Crippen molar-refractivity contribution in [3.05, 3.63) is 90.0 Å². The van der Waals surface area contributed by atoms with Gasteiger partial charge in [0.05, 0.1) is 17.7 Å². The lowest BCUT2D eigenvalue weighted by Crippen LogP contribution is -2.52. The number of amides is 2. The standard InChI is InChI=1S/C30H37N3O5S/c1-6-23(3)31-30(35)24(4)32(20-25-16-18-26(38-5)19-17-25)29(34)21-33(28-15-11-10-12-22(28)2)39(36,37)27-13-8-7-9-14-27/h7-19,23-24H,6,20-21H2,1-5H3,(H,31,35)/t23-,24+/m0/s1. The maximum atomic E-state index is 14.0. The van der Waals surface area contributed by atoms with Gasteiger partial charge in [-0.15, -0.1) is 0 Å². The zero-order valence-corrected chi connectivity index (χ0v) is 23.9. The molecule has 2 atom stereocenters. The Morgan fingerprint density at radius 2 is 1.54 bits per heavy atom. The second-order valence-electron chi connectivity index (χ2n) is 9.47. The van der Waals surface area contributed by atoms with Crippen molar-refractivity contribution in [1.82, 2.24) is 10.2 Å². The summed E-state index contributed by atoms with van der Waals surface area (Å²) in [5, 5.41) is 2.93. The summed E-state index contributed by atoms with van der Waals surface area (Å²) in [5.74, 6) is -0.140. The molecule has 3 rings (SSSR count). The van der Waals surface area contributed by atoms with Gasteiger partial charge in [0.2, 0.25) is 11.8 Å². The fraction of sp³-hybridized carbons (Fsp3) is 0.333. The molecule has 0 bridgehead atoms. The van der Waals surface area contributed by atoms with Crippen molar-refractivity contribution in [2.24, 2.45) is 0 Å². The molecule has 0 unspecified atom stereocenters. The van der Waals surface area contributed by atoms with E-state index >= 15 is 0 Å². The highest BCUT2D eigenvalue weighted by atomic mass is 32.2. The number of carbonyl (C=O) groups excluding carboxylic acids is 2. The van der Waals surface area contributed by atoms with E-state index < -0.39 is 28.5 Å². The Labute approximate surface area is 231 Å². The van der Waals surface area contributed by atoms with Crippen molar-refractivity contribution in [3.63, 3.8) is 0 Å². The van der Waals surface area contributed by atoms with Gasteiger partial charge < -0.3 is 15.0 Å². The summed E-state index contributed by atoms with van der Waals surface area (Å²) in [7, 11) is -2.52. The maximum Gasteiger partial charge on any atom is 0.264 e. The van der Waals surface area contributed by atoms with E-state index in [4.69, 9.17) is 4.74 Å². The molecule has 3 aromatic rings. The van der Waals surface area contributed by atoms with E-state index in [1.165, 1.54) is 17.0 Å². The Morgan fingerprint density at radius 3 is 2.13 bits per heavy atom. The lowest BCUT2D eigenvalue weighted by molar-refractivity contribution is -0.139. The van der Waals surface area contributed by atoms with Gasteiger partial charge in [-0.1, -0.05) is 55.5 Å². The lowest BCUT2D eigenvalue weighted by Gasteiger charge is -2.33. The summed E-state index contributed by atoms with van der Waals surface area (Å²) in [4.78, 5) is 28.6. The van der Waals surface area contributed by atoms with Crippen molar-refractivity contribution in [1.29, 1.82) is 0 Å². The van der Waals surface area contributed by atoms with Crippen LogP contribution >= 0.6 is 0 Å². The molecule has 39 heavy (non-hydrogen) atoms. The number of benzene rings is 3. The summed E-state index contributed by atoms with van der Waals surface area (Å²) in [6, 6.07) is 21.3. The number of nitrogens with one attached hydrogen (secondary N) is 1. The van der Waals surface area contributed by atoms with Crippen LogP contribution in [0.2, 0.25) is 0 Å². The summed E-state index contributed by atoms with van der Waals surface area (Å²) in [6.45, 7) is 6.95. The molecule has 0 heterocycles. The van der Waals surface area contributed by atoms with E-state index in [0.717, 1.165) is 16.3 Å². The van der Waals surface area contributed by atoms with Gasteiger partial charge in [0.25, 0.3) is 10.0 Å². The van der Waals surface area contributed by atoms with Crippen LogP contribution in [0.15, 0.2) is 83.8 Å². The van der Waals surface area contributed by atoms with Crippen LogP contribution in [0.5, 0.6) is 5.75 Å². The van der Waals surface area contributed by atoms with E-state index in [1.807, 2.05) is 32.0 Å². The van der Waals surface area contributed by atoms with Crippen molar-refractivity contribution >= 4 is 27.5 Å². The quantitative estimate of drug-likeness (QED) is 0.357. The number of nitrogens with zero attached hydrogens (tertiary/aromatic N) is 2. The highest BCUT2D eigenvalue weighted by Crippen LogP contribution is 2.27. The zero-order chi connectivity index (χ0) is 28.6. The molecule has 0 aliphatic rings. The Kier molecular flexibility index (Phi) is 10.1. The Hall–Kier alpha value is -3.85. The minimum absolute atomic E-state index is 0.0696. The number of aryl methyl sites for hydroxylation is 1. The normalized spacial score (nSPS) is 12.7. The molecule has 1 N–H and O–H groups in total. The van der Waals surface area contributed by atoms with Crippen LogP contribution < -0.4 is 14.4 Å². The third kappa shape index (κ3) is 7.38. The highest BCUT2D eigenvalue weighted by molar-refractivity contribution is 7.92. The van der Waals surface area contributed by atoms with Gasteiger partial charge in [0.1, 0.15) is 18.3 Å². The van der Waals surface area contributed by atoms with E-state index in [1.54, 1.807) is 69.5 Å². The Balaban J connectivity index is 2.02. The van der Waals surface area contributed by atoms with Gasteiger partial charge in [0, 0.05) is 12.6 Å². The number of rotatable bonds is 12. The smallest absolute Gasteiger partial charge is 0.264 e. The van der Waals surface area contributed by atoms with E-state index in [0.29, 0.717) is 17.0 Å². The van der Waals surface area contributed by atoms with Gasteiger partial charge in [-0.05, 0) is 68.7 Å². The first-order chi connectivity index (χ1) is 18.6. The van der Waals surface area contributed by atoms with Crippen LogP contribution in [0, 0.1) is 6.92 Å². The Morgan fingerprint density at radius 1 is 0.923 bits per heavy atom. The van der Waals surface area contributed by atoms with Crippen molar-refractivity contribution in [3.8, 4) is 5.75 Å². The van der Waals surface area contributed by atoms with Crippen molar-refractivity contribution in [2.75, 3.05) is 18.0 Å². The minimum atomic E-state index is -4.09. The second-order valence-corrected chi connectivity index (χ2v) is 11.3. The lowest BCUT2D eigenvalue weighted by atomic mass is 10.1. The number of para-hydroxylation sites is 1. The second kappa shape index (κ2) is 13.3. The number of carbonyl (C=O) groups is 2. The van der Waals surface area contributed by atoms with Crippen LogP contribution in [0.25, 0.3) is 0 Å².